The highest BCUT2D eigenvalue weighted by Gasteiger charge is 2.19. The van der Waals surface area contributed by atoms with Gasteiger partial charge in [0, 0.05) is 13.1 Å². The molecule has 1 N–H and O–H groups in total. The van der Waals surface area contributed by atoms with Crippen LogP contribution >= 0.6 is 12.4 Å². The van der Waals surface area contributed by atoms with Crippen LogP contribution in [0.5, 0.6) is 0 Å². The molecule has 3 rings (SSSR count). The Hall–Kier alpha value is -1.39. The quantitative estimate of drug-likeness (QED) is 0.915. The summed E-state index contributed by atoms with van der Waals surface area (Å²) < 4.78 is 0. The lowest BCUT2D eigenvalue weighted by Crippen LogP contribution is -2.41. The molecular weight excluding hydrogens is 260 g/mol. The summed E-state index contributed by atoms with van der Waals surface area (Å²) >= 11 is 0. The fourth-order valence-electron chi connectivity index (χ4n) is 2.50. The zero-order chi connectivity index (χ0) is 12.4. The Morgan fingerprint density at radius 2 is 1.84 bits per heavy atom. The second-order valence-corrected chi connectivity index (χ2v) is 4.81. The fraction of sp³-hybridized carbons (Fsp3) is 0.429. The number of hydrogen-bond donors (Lipinski definition) is 1. The number of para-hydroxylation sites is 2. The molecule has 1 fully saturated rings. The molecule has 0 saturated carbocycles. The Morgan fingerprint density at radius 1 is 1.16 bits per heavy atom. The maximum absolute atomic E-state index is 4.69. The van der Waals surface area contributed by atoms with E-state index in [1.165, 1.54) is 12.8 Å². The molecule has 102 valence electrons. The molecule has 1 saturated heterocycles. The smallest absolute Gasteiger partial charge is 0.147 e. The number of hydrogen-bond acceptors (Lipinski definition) is 4. The van der Waals surface area contributed by atoms with Gasteiger partial charge in [0.2, 0.25) is 0 Å². The van der Waals surface area contributed by atoms with Crippen molar-refractivity contribution >= 4 is 29.3 Å². The van der Waals surface area contributed by atoms with Crippen molar-refractivity contribution in [2.24, 2.45) is 0 Å². The number of aromatic nitrogens is 2. The van der Waals surface area contributed by atoms with Crippen LogP contribution in [0.15, 0.2) is 30.5 Å². The van der Waals surface area contributed by atoms with E-state index in [0.717, 1.165) is 29.9 Å². The largest absolute Gasteiger partial charge is 0.355 e. The van der Waals surface area contributed by atoms with E-state index >= 15 is 0 Å². The molecule has 2 heterocycles. The van der Waals surface area contributed by atoms with E-state index in [0.29, 0.717) is 6.04 Å². The predicted molar refractivity (Wildman–Crippen MR) is 81.1 cm³/mol. The minimum absolute atomic E-state index is 0. The van der Waals surface area contributed by atoms with Gasteiger partial charge in [-0.15, -0.1) is 12.4 Å². The Morgan fingerprint density at radius 3 is 2.58 bits per heavy atom. The molecular formula is C14H19ClN4. The number of halogens is 1. The highest BCUT2D eigenvalue weighted by atomic mass is 35.5. The number of rotatable bonds is 2. The van der Waals surface area contributed by atoms with Gasteiger partial charge < -0.3 is 10.2 Å². The number of nitrogens with one attached hydrogen (secondary N) is 1. The fourth-order valence-corrected chi connectivity index (χ4v) is 2.50. The van der Waals surface area contributed by atoms with Crippen LogP contribution in [0.4, 0.5) is 5.82 Å². The van der Waals surface area contributed by atoms with Gasteiger partial charge in [-0.05, 0) is 38.1 Å². The van der Waals surface area contributed by atoms with E-state index in [1.807, 2.05) is 30.5 Å². The molecule has 0 atom stereocenters. The number of piperidine rings is 1. The van der Waals surface area contributed by atoms with Crippen molar-refractivity contribution in [2.45, 2.75) is 18.9 Å². The number of nitrogens with zero attached hydrogens (tertiary/aromatic N) is 3. The third kappa shape index (κ3) is 2.96. The van der Waals surface area contributed by atoms with Crippen LogP contribution < -0.4 is 10.2 Å². The average molecular weight is 279 g/mol. The van der Waals surface area contributed by atoms with E-state index in [9.17, 15) is 0 Å². The first kappa shape index (κ1) is 14.0. The molecule has 0 spiro atoms. The number of anilines is 1. The normalized spacial score (nSPS) is 16.1. The van der Waals surface area contributed by atoms with E-state index in [2.05, 4.69) is 22.2 Å². The van der Waals surface area contributed by atoms with Gasteiger partial charge in [-0.2, -0.15) is 0 Å². The van der Waals surface area contributed by atoms with Gasteiger partial charge in [-0.3, -0.25) is 4.98 Å². The first-order valence-electron chi connectivity index (χ1n) is 6.50. The van der Waals surface area contributed by atoms with Crippen LogP contribution in [-0.4, -0.2) is 36.1 Å². The second kappa shape index (κ2) is 6.17. The molecule has 2 aromatic rings. The Bertz CT molecular complexity index is 540. The van der Waals surface area contributed by atoms with Crippen molar-refractivity contribution < 1.29 is 0 Å². The number of fused-ring (bicyclic) bond motifs is 1. The van der Waals surface area contributed by atoms with Gasteiger partial charge >= 0.3 is 0 Å². The highest BCUT2D eigenvalue weighted by Crippen LogP contribution is 2.19. The standard InChI is InChI=1S/C14H18N4.ClH/c1-18(11-6-8-15-9-7-11)14-10-16-12-4-2-3-5-13(12)17-14;/h2-5,10-11,15H,6-9H2,1H3;1H. The summed E-state index contributed by atoms with van der Waals surface area (Å²) in [6, 6.07) is 8.58. The maximum atomic E-state index is 4.69. The summed E-state index contributed by atoms with van der Waals surface area (Å²) in [6.45, 7) is 2.19. The zero-order valence-electron chi connectivity index (χ0n) is 11.0. The van der Waals surface area contributed by atoms with Crippen molar-refractivity contribution in [1.29, 1.82) is 0 Å². The van der Waals surface area contributed by atoms with Gasteiger partial charge in [0.25, 0.3) is 0 Å². The minimum atomic E-state index is 0. The SMILES string of the molecule is CN(c1cnc2ccccc2n1)C1CCNCC1.Cl. The Labute approximate surface area is 119 Å². The predicted octanol–water partition coefficient (Wildman–Crippen LogP) is 2.24. The molecule has 1 aromatic heterocycles. The summed E-state index contributed by atoms with van der Waals surface area (Å²) in [5.41, 5.74) is 1.93. The average Bonchev–Trinajstić information content (AvgIpc) is 2.47. The van der Waals surface area contributed by atoms with Gasteiger partial charge in [0.05, 0.1) is 17.2 Å². The molecule has 1 aliphatic rings. The first-order chi connectivity index (χ1) is 8.84. The first-order valence-corrected chi connectivity index (χ1v) is 6.50. The summed E-state index contributed by atoms with van der Waals surface area (Å²) in [5, 5.41) is 3.39. The maximum Gasteiger partial charge on any atom is 0.147 e. The molecule has 1 aromatic carbocycles. The summed E-state index contributed by atoms with van der Waals surface area (Å²) in [6.07, 6.45) is 4.22. The van der Waals surface area contributed by atoms with Gasteiger partial charge in [0.1, 0.15) is 5.82 Å². The van der Waals surface area contributed by atoms with Crippen molar-refractivity contribution in [3.63, 3.8) is 0 Å². The summed E-state index contributed by atoms with van der Waals surface area (Å²) in [7, 11) is 2.12. The van der Waals surface area contributed by atoms with E-state index in [-0.39, 0.29) is 12.4 Å². The van der Waals surface area contributed by atoms with Crippen molar-refractivity contribution in [1.82, 2.24) is 15.3 Å². The van der Waals surface area contributed by atoms with E-state index in [4.69, 9.17) is 4.98 Å². The van der Waals surface area contributed by atoms with Gasteiger partial charge in [0.15, 0.2) is 0 Å². The topological polar surface area (TPSA) is 41.1 Å². The third-order valence-electron chi connectivity index (χ3n) is 3.65. The summed E-state index contributed by atoms with van der Waals surface area (Å²) in [5.74, 6) is 0.973. The van der Waals surface area contributed by atoms with E-state index in [1.54, 1.807) is 0 Å². The van der Waals surface area contributed by atoms with E-state index < -0.39 is 0 Å². The van der Waals surface area contributed by atoms with Crippen LogP contribution in [0.25, 0.3) is 11.0 Å². The number of benzene rings is 1. The van der Waals surface area contributed by atoms with Crippen LogP contribution in [-0.2, 0) is 0 Å². The second-order valence-electron chi connectivity index (χ2n) is 4.81. The molecule has 0 unspecified atom stereocenters. The summed E-state index contributed by atoms with van der Waals surface area (Å²) in [4.78, 5) is 11.4. The molecule has 19 heavy (non-hydrogen) atoms. The molecule has 4 nitrogen and oxygen atoms in total. The highest BCUT2D eigenvalue weighted by molar-refractivity contribution is 5.85. The molecule has 0 amide bonds. The van der Waals surface area contributed by atoms with Crippen LogP contribution in [0, 0.1) is 0 Å². The van der Waals surface area contributed by atoms with Crippen molar-refractivity contribution in [3.8, 4) is 0 Å². The monoisotopic (exact) mass is 278 g/mol. The van der Waals surface area contributed by atoms with Crippen molar-refractivity contribution in [3.05, 3.63) is 30.5 Å². The van der Waals surface area contributed by atoms with Gasteiger partial charge in [-0.1, -0.05) is 12.1 Å². The lowest BCUT2D eigenvalue weighted by atomic mass is 10.1. The lowest BCUT2D eigenvalue weighted by Gasteiger charge is -2.32. The van der Waals surface area contributed by atoms with Crippen LogP contribution in [0.2, 0.25) is 0 Å². The molecule has 0 aliphatic carbocycles. The van der Waals surface area contributed by atoms with Crippen LogP contribution in [0.3, 0.4) is 0 Å². The minimum Gasteiger partial charge on any atom is -0.355 e. The Kier molecular flexibility index (Phi) is 4.56. The Balaban J connectivity index is 0.00000133. The third-order valence-corrected chi connectivity index (χ3v) is 3.65. The van der Waals surface area contributed by atoms with Crippen molar-refractivity contribution in [2.75, 3.05) is 25.0 Å². The zero-order valence-corrected chi connectivity index (χ0v) is 11.9. The lowest BCUT2D eigenvalue weighted by molar-refractivity contribution is 0.442. The molecule has 0 radical (unpaired) electrons. The molecule has 0 bridgehead atoms. The molecule has 5 heteroatoms. The van der Waals surface area contributed by atoms with Gasteiger partial charge in [-0.25, -0.2) is 4.98 Å². The van der Waals surface area contributed by atoms with Crippen LogP contribution in [0.1, 0.15) is 12.8 Å². The molecule has 1 aliphatic heterocycles.